The van der Waals surface area contributed by atoms with Crippen LogP contribution in [0.1, 0.15) is 37.0 Å². The molecule has 2 N–H and O–H groups in total. The van der Waals surface area contributed by atoms with E-state index < -0.39 is 0 Å². The molecule has 0 saturated carbocycles. The fourth-order valence-electron chi connectivity index (χ4n) is 3.29. The van der Waals surface area contributed by atoms with E-state index in [0.717, 1.165) is 39.0 Å². The van der Waals surface area contributed by atoms with Gasteiger partial charge in [0.2, 0.25) is 5.91 Å². The Morgan fingerprint density at radius 1 is 1.20 bits per heavy atom. The number of hydrogen-bond acceptors (Lipinski definition) is 3. The zero-order valence-electron chi connectivity index (χ0n) is 15.0. The number of amides is 2. The van der Waals surface area contributed by atoms with E-state index in [4.69, 9.17) is 0 Å². The fourth-order valence-corrected chi connectivity index (χ4v) is 3.29. The summed E-state index contributed by atoms with van der Waals surface area (Å²) >= 11 is 0. The van der Waals surface area contributed by atoms with Crippen molar-refractivity contribution >= 4 is 29.9 Å². The van der Waals surface area contributed by atoms with Gasteiger partial charge in [0.25, 0.3) is 5.91 Å². The minimum absolute atomic E-state index is 0. The van der Waals surface area contributed by atoms with Crippen LogP contribution in [0, 0.1) is 17.8 Å². The Balaban J connectivity index is 0.00000225. The first-order chi connectivity index (χ1) is 11.6. The highest BCUT2D eigenvalue weighted by Gasteiger charge is 2.30. The number of halogens is 1. The Labute approximate surface area is 155 Å². The van der Waals surface area contributed by atoms with Crippen molar-refractivity contribution in [2.45, 2.75) is 26.7 Å². The zero-order chi connectivity index (χ0) is 17.1. The van der Waals surface area contributed by atoms with E-state index in [2.05, 4.69) is 17.6 Å². The SMILES string of the molecule is CC1CCN(C(=O)c2ccccc2NC(=O)C(C)C2CNC2)CC1.Cl. The van der Waals surface area contributed by atoms with Crippen molar-refractivity contribution in [3.05, 3.63) is 29.8 Å². The van der Waals surface area contributed by atoms with Crippen LogP contribution < -0.4 is 10.6 Å². The Kier molecular flexibility index (Phi) is 6.85. The molecule has 2 saturated heterocycles. The molecule has 1 unspecified atom stereocenters. The summed E-state index contributed by atoms with van der Waals surface area (Å²) in [7, 11) is 0. The van der Waals surface area contributed by atoms with Gasteiger partial charge in [0.1, 0.15) is 0 Å². The summed E-state index contributed by atoms with van der Waals surface area (Å²) < 4.78 is 0. The van der Waals surface area contributed by atoms with Crippen molar-refractivity contribution in [1.29, 1.82) is 0 Å². The number of nitrogens with one attached hydrogen (secondary N) is 2. The molecular weight excluding hydrogens is 338 g/mol. The Morgan fingerprint density at radius 3 is 2.44 bits per heavy atom. The average molecular weight is 366 g/mol. The number of benzene rings is 1. The third-order valence-electron chi connectivity index (χ3n) is 5.42. The Morgan fingerprint density at radius 2 is 1.84 bits per heavy atom. The van der Waals surface area contributed by atoms with Crippen molar-refractivity contribution in [3.8, 4) is 0 Å². The summed E-state index contributed by atoms with van der Waals surface area (Å²) in [5.74, 6) is 1.03. The van der Waals surface area contributed by atoms with Crippen molar-refractivity contribution in [3.63, 3.8) is 0 Å². The maximum atomic E-state index is 12.8. The van der Waals surface area contributed by atoms with Gasteiger partial charge in [-0.05, 0) is 49.9 Å². The minimum atomic E-state index is -0.0507. The van der Waals surface area contributed by atoms with Crippen LogP contribution >= 0.6 is 12.4 Å². The number of nitrogens with zero attached hydrogens (tertiary/aromatic N) is 1. The van der Waals surface area contributed by atoms with Crippen LogP contribution in [0.5, 0.6) is 0 Å². The maximum absolute atomic E-state index is 12.8. The molecule has 138 valence electrons. The molecule has 2 aliphatic rings. The molecule has 0 radical (unpaired) electrons. The summed E-state index contributed by atoms with van der Waals surface area (Å²) in [6.07, 6.45) is 2.10. The fraction of sp³-hybridized carbons (Fsp3) is 0.579. The van der Waals surface area contributed by atoms with Gasteiger partial charge in [0.15, 0.2) is 0 Å². The lowest BCUT2D eigenvalue weighted by molar-refractivity contribution is -0.121. The van der Waals surface area contributed by atoms with Crippen LogP contribution in [0.25, 0.3) is 0 Å². The van der Waals surface area contributed by atoms with E-state index in [1.165, 1.54) is 0 Å². The second-order valence-electron chi connectivity index (χ2n) is 7.22. The van der Waals surface area contributed by atoms with Crippen molar-refractivity contribution in [2.24, 2.45) is 17.8 Å². The van der Waals surface area contributed by atoms with E-state index in [0.29, 0.717) is 23.1 Å². The molecular formula is C19H28ClN3O2. The van der Waals surface area contributed by atoms with E-state index in [1.807, 2.05) is 36.1 Å². The van der Waals surface area contributed by atoms with Crippen LogP contribution in [-0.4, -0.2) is 42.9 Å². The van der Waals surface area contributed by atoms with E-state index >= 15 is 0 Å². The third-order valence-corrected chi connectivity index (χ3v) is 5.42. The number of anilines is 1. The molecule has 1 atom stereocenters. The first-order valence-electron chi connectivity index (χ1n) is 8.96. The van der Waals surface area contributed by atoms with E-state index in [-0.39, 0.29) is 30.1 Å². The first-order valence-corrected chi connectivity index (χ1v) is 8.96. The van der Waals surface area contributed by atoms with Crippen molar-refractivity contribution in [2.75, 3.05) is 31.5 Å². The highest BCUT2D eigenvalue weighted by atomic mass is 35.5. The van der Waals surface area contributed by atoms with Crippen LogP contribution in [0.15, 0.2) is 24.3 Å². The van der Waals surface area contributed by atoms with Gasteiger partial charge in [0.05, 0.1) is 11.3 Å². The molecule has 2 heterocycles. The molecule has 0 aromatic heterocycles. The second-order valence-corrected chi connectivity index (χ2v) is 7.22. The molecule has 2 aliphatic heterocycles. The molecule has 6 heteroatoms. The maximum Gasteiger partial charge on any atom is 0.255 e. The van der Waals surface area contributed by atoms with Gasteiger partial charge < -0.3 is 15.5 Å². The number of rotatable bonds is 4. The third kappa shape index (κ3) is 4.53. The lowest BCUT2D eigenvalue weighted by Gasteiger charge is -2.32. The predicted molar refractivity (Wildman–Crippen MR) is 102 cm³/mol. The summed E-state index contributed by atoms with van der Waals surface area (Å²) in [5, 5.41) is 6.17. The molecule has 0 aliphatic carbocycles. The molecule has 1 aromatic rings. The standard InChI is InChI=1S/C19H27N3O2.ClH/c1-13-7-9-22(10-8-13)19(24)16-5-3-4-6-17(16)21-18(23)14(2)15-11-20-12-15;/h3-6,13-15,20H,7-12H2,1-2H3,(H,21,23);1H. The summed E-state index contributed by atoms with van der Waals surface area (Å²) in [6.45, 7) is 7.56. The van der Waals surface area contributed by atoms with Gasteiger partial charge in [-0.25, -0.2) is 0 Å². The summed E-state index contributed by atoms with van der Waals surface area (Å²) in [5.41, 5.74) is 1.23. The minimum Gasteiger partial charge on any atom is -0.339 e. The lowest BCUT2D eigenvalue weighted by Crippen LogP contribution is -2.48. The molecule has 5 nitrogen and oxygen atoms in total. The van der Waals surface area contributed by atoms with Gasteiger partial charge in [0, 0.05) is 19.0 Å². The van der Waals surface area contributed by atoms with Gasteiger partial charge in [-0.2, -0.15) is 0 Å². The average Bonchev–Trinajstić information content (AvgIpc) is 2.54. The topological polar surface area (TPSA) is 61.4 Å². The number of carbonyl (C=O) groups is 2. The molecule has 0 bridgehead atoms. The second kappa shape index (κ2) is 8.68. The monoisotopic (exact) mass is 365 g/mol. The van der Waals surface area contributed by atoms with E-state index in [1.54, 1.807) is 0 Å². The highest BCUT2D eigenvalue weighted by Crippen LogP contribution is 2.24. The molecule has 2 amide bonds. The van der Waals surface area contributed by atoms with Gasteiger partial charge in [-0.15, -0.1) is 12.4 Å². The highest BCUT2D eigenvalue weighted by molar-refractivity contribution is 6.04. The quantitative estimate of drug-likeness (QED) is 0.862. The molecule has 25 heavy (non-hydrogen) atoms. The Hall–Kier alpha value is -1.59. The smallest absolute Gasteiger partial charge is 0.255 e. The number of hydrogen-bond donors (Lipinski definition) is 2. The number of piperidine rings is 1. The zero-order valence-corrected chi connectivity index (χ0v) is 15.8. The lowest BCUT2D eigenvalue weighted by atomic mass is 9.88. The van der Waals surface area contributed by atoms with Crippen LogP contribution in [0.4, 0.5) is 5.69 Å². The predicted octanol–water partition coefficient (Wildman–Crippen LogP) is 2.77. The molecule has 3 rings (SSSR count). The Bertz CT molecular complexity index is 610. The van der Waals surface area contributed by atoms with Gasteiger partial charge >= 0.3 is 0 Å². The summed E-state index contributed by atoms with van der Waals surface area (Å²) in [4.78, 5) is 27.2. The van der Waals surface area contributed by atoms with Gasteiger partial charge in [-0.1, -0.05) is 26.0 Å². The molecule has 1 aromatic carbocycles. The van der Waals surface area contributed by atoms with E-state index in [9.17, 15) is 9.59 Å². The van der Waals surface area contributed by atoms with Crippen LogP contribution in [-0.2, 0) is 4.79 Å². The number of para-hydroxylation sites is 1. The van der Waals surface area contributed by atoms with Gasteiger partial charge in [-0.3, -0.25) is 9.59 Å². The number of carbonyl (C=O) groups excluding carboxylic acids is 2. The van der Waals surface area contributed by atoms with Crippen LogP contribution in [0.2, 0.25) is 0 Å². The normalized spacial score (nSPS) is 19.5. The first kappa shape index (κ1) is 19.7. The van der Waals surface area contributed by atoms with Crippen LogP contribution in [0.3, 0.4) is 0 Å². The summed E-state index contributed by atoms with van der Waals surface area (Å²) in [6, 6.07) is 7.35. The molecule has 2 fully saturated rings. The van der Waals surface area contributed by atoms with Crippen molar-refractivity contribution in [1.82, 2.24) is 10.2 Å². The van der Waals surface area contributed by atoms with Crippen molar-refractivity contribution < 1.29 is 9.59 Å². The molecule has 0 spiro atoms. The number of likely N-dealkylation sites (tertiary alicyclic amines) is 1. The largest absolute Gasteiger partial charge is 0.339 e.